The molecule has 7 nitrogen and oxygen atoms in total. The molecule has 1 fully saturated rings. The Morgan fingerprint density at radius 2 is 1.88 bits per heavy atom. The Morgan fingerprint density at radius 1 is 1.08 bits per heavy atom. The molecule has 0 N–H and O–H groups in total. The van der Waals surface area contributed by atoms with Crippen LogP contribution in [0, 0.1) is 11.3 Å². The smallest absolute Gasteiger partial charge is 0.254 e. The fraction of sp³-hybridized carbons (Fsp3) is 0.278. The zero-order valence-corrected chi connectivity index (χ0v) is 13.5. The van der Waals surface area contributed by atoms with Crippen LogP contribution in [0.1, 0.15) is 16.1 Å². The van der Waals surface area contributed by atoms with Crippen molar-refractivity contribution in [3.8, 4) is 17.6 Å². The molecule has 2 aliphatic rings. The van der Waals surface area contributed by atoms with Crippen LogP contribution < -0.4 is 14.4 Å². The fourth-order valence-electron chi connectivity index (χ4n) is 3.02. The van der Waals surface area contributed by atoms with Gasteiger partial charge in [-0.05, 0) is 30.3 Å². The first-order chi connectivity index (χ1) is 12.2. The number of benzene rings is 1. The van der Waals surface area contributed by atoms with Crippen LogP contribution in [0.3, 0.4) is 0 Å². The Kier molecular flexibility index (Phi) is 3.86. The van der Waals surface area contributed by atoms with Gasteiger partial charge in [-0.15, -0.1) is 0 Å². The summed E-state index contributed by atoms with van der Waals surface area (Å²) < 4.78 is 10.6. The van der Waals surface area contributed by atoms with Crippen molar-refractivity contribution in [2.75, 3.05) is 37.9 Å². The highest BCUT2D eigenvalue weighted by atomic mass is 16.7. The lowest BCUT2D eigenvalue weighted by atomic mass is 10.1. The van der Waals surface area contributed by atoms with Gasteiger partial charge >= 0.3 is 0 Å². The van der Waals surface area contributed by atoms with Crippen LogP contribution in [0.5, 0.6) is 11.5 Å². The maximum atomic E-state index is 12.7. The molecule has 0 spiro atoms. The van der Waals surface area contributed by atoms with Gasteiger partial charge in [0.05, 0.1) is 11.9 Å². The number of carbonyl (C=O) groups is 1. The molecule has 0 unspecified atom stereocenters. The zero-order valence-electron chi connectivity index (χ0n) is 13.5. The molecule has 0 atom stereocenters. The number of nitriles is 1. The van der Waals surface area contributed by atoms with E-state index in [2.05, 4.69) is 9.88 Å². The molecule has 0 bridgehead atoms. The van der Waals surface area contributed by atoms with Crippen LogP contribution in [0.2, 0.25) is 0 Å². The molecular weight excluding hydrogens is 320 g/mol. The number of hydrogen-bond donors (Lipinski definition) is 0. The zero-order chi connectivity index (χ0) is 17.2. The first-order valence-corrected chi connectivity index (χ1v) is 8.04. The van der Waals surface area contributed by atoms with Gasteiger partial charge in [0.1, 0.15) is 11.8 Å². The maximum Gasteiger partial charge on any atom is 0.254 e. The van der Waals surface area contributed by atoms with Crippen molar-refractivity contribution in [1.82, 2.24) is 9.88 Å². The van der Waals surface area contributed by atoms with Gasteiger partial charge in [-0.1, -0.05) is 0 Å². The number of amides is 1. The van der Waals surface area contributed by atoms with Crippen molar-refractivity contribution in [2.24, 2.45) is 0 Å². The Balaban J connectivity index is 1.41. The molecule has 7 heteroatoms. The third-order valence-electron chi connectivity index (χ3n) is 4.41. The van der Waals surface area contributed by atoms with E-state index in [9.17, 15) is 4.79 Å². The molecule has 1 aromatic carbocycles. The van der Waals surface area contributed by atoms with Crippen molar-refractivity contribution < 1.29 is 14.3 Å². The van der Waals surface area contributed by atoms with E-state index in [0.29, 0.717) is 35.8 Å². The van der Waals surface area contributed by atoms with Gasteiger partial charge in [0.2, 0.25) is 6.79 Å². The maximum absolute atomic E-state index is 12.7. The largest absolute Gasteiger partial charge is 0.454 e. The fourth-order valence-corrected chi connectivity index (χ4v) is 3.02. The molecule has 0 radical (unpaired) electrons. The number of rotatable bonds is 2. The Hall–Kier alpha value is -3.27. The number of anilines is 1. The van der Waals surface area contributed by atoms with Gasteiger partial charge in [0.25, 0.3) is 5.91 Å². The molecule has 4 rings (SSSR count). The van der Waals surface area contributed by atoms with Gasteiger partial charge in [0, 0.05) is 31.7 Å². The summed E-state index contributed by atoms with van der Waals surface area (Å²) >= 11 is 0. The lowest BCUT2D eigenvalue weighted by Crippen LogP contribution is -2.48. The first kappa shape index (κ1) is 15.3. The normalized spacial score (nSPS) is 15.8. The van der Waals surface area contributed by atoms with Gasteiger partial charge in [-0.2, -0.15) is 5.26 Å². The molecule has 0 aliphatic carbocycles. The molecule has 3 heterocycles. The number of fused-ring (bicyclic) bond motifs is 1. The van der Waals surface area contributed by atoms with E-state index in [4.69, 9.17) is 14.7 Å². The van der Waals surface area contributed by atoms with E-state index in [1.165, 1.54) is 0 Å². The quantitative estimate of drug-likeness (QED) is 0.830. The molecule has 126 valence electrons. The third kappa shape index (κ3) is 2.94. The van der Waals surface area contributed by atoms with Crippen molar-refractivity contribution in [1.29, 1.82) is 5.26 Å². The Morgan fingerprint density at radius 3 is 2.60 bits per heavy atom. The van der Waals surface area contributed by atoms with Gasteiger partial charge in [-0.25, -0.2) is 4.98 Å². The Labute approximate surface area is 145 Å². The molecular formula is C18H16N4O3. The Bertz CT molecular complexity index is 836. The summed E-state index contributed by atoms with van der Waals surface area (Å²) in [7, 11) is 0. The van der Waals surface area contributed by atoms with Crippen molar-refractivity contribution in [3.63, 3.8) is 0 Å². The number of nitrogens with zero attached hydrogens (tertiary/aromatic N) is 4. The lowest BCUT2D eigenvalue weighted by Gasteiger charge is -2.36. The van der Waals surface area contributed by atoms with E-state index in [0.717, 1.165) is 18.8 Å². The number of hydrogen-bond acceptors (Lipinski definition) is 6. The summed E-state index contributed by atoms with van der Waals surface area (Å²) in [5, 5.41) is 8.81. The second-order valence-electron chi connectivity index (χ2n) is 5.86. The first-order valence-electron chi connectivity index (χ1n) is 8.04. The van der Waals surface area contributed by atoms with Crippen LogP contribution in [-0.4, -0.2) is 48.8 Å². The van der Waals surface area contributed by atoms with Crippen molar-refractivity contribution >= 4 is 11.6 Å². The lowest BCUT2D eigenvalue weighted by molar-refractivity contribution is 0.0746. The van der Waals surface area contributed by atoms with Crippen molar-refractivity contribution in [2.45, 2.75) is 0 Å². The second kappa shape index (κ2) is 6.32. The van der Waals surface area contributed by atoms with Gasteiger partial charge in [0.15, 0.2) is 11.5 Å². The van der Waals surface area contributed by atoms with Crippen LogP contribution >= 0.6 is 0 Å². The highest BCUT2D eigenvalue weighted by molar-refractivity contribution is 5.95. The van der Waals surface area contributed by atoms with Gasteiger partial charge < -0.3 is 19.3 Å². The third-order valence-corrected chi connectivity index (χ3v) is 4.41. The van der Waals surface area contributed by atoms with E-state index in [1.54, 1.807) is 30.5 Å². The monoisotopic (exact) mass is 336 g/mol. The van der Waals surface area contributed by atoms with Crippen LogP contribution in [0.25, 0.3) is 0 Å². The standard InChI is InChI=1S/C18H16N4O3/c19-10-14-2-3-15(11-20-14)21-5-7-22(8-6-21)18(23)13-1-4-16-17(9-13)25-12-24-16/h1-4,9,11H,5-8,12H2. The predicted molar refractivity (Wildman–Crippen MR) is 89.6 cm³/mol. The molecule has 1 amide bonds. The molecule has 2 aromatic rings. The number of carbonyl (C=O) groups excluding carboxylic acids is 1. The van der Waals surface area contributed by atoms with Gasteiger partial charge in [-0.3, -0.25) is 4.79 Å². The van der Waals surface area contributed by atoms with E-state index in [1.807, 2.05) is 17.0 Å². The molecule has 0 saturated carbocycles. The SMILES string of the molecule is N#Cc1ccc(N2CCN(C(=O)c3ccc4c(c3)OCO4)CC2)cn1. The van der Waals surface area contributed by atoms with Crippen LogP contribution in [-0.2, 0) is 0 Å². The van der Waals surface area contributed by atoms with E-state index in [-0.39, 0.29) is 12.7 Å². The van der Waals surface area contributed by atoms with E-state index < -0.39 is 0 Å². The number of pyridine rings is 1. The minimum atomic E-state index is -0.00379. The summed E-state index contributed by atoms with van der Waals surface area (Å²) in [6.45, 7) is 2.92. The second-order valence-corrected chi connectivity index (χ2v) is 5.86. The summed E-state index contributed by atoms with van der Waals surface area (Å²) in [4.78, 5) is 20.8. The number of piperazine rings is 1. The number of aromatic nitrogens is 1. The molecule has 25 heavy (non-hydrogen) atoms. The van der Waals surface area contributed by atoms with E-state index >= 15 is 0 Å². The summed E-state index contributed by atoms with van der Waals surface area (Å²) in [6.07, 6.45) is 1.70. The molecule has 1 saturated heterocycles. The molecule has 2 aliphatic heterocycles. The minimum absolute atomic E-state index is 0.00379. The van der Waals surface area contributed by atoms with Crippen molar-refractivity contribution in [3.05, 3.63) is 47.8 Å². The minimum Gasteiger partial charge on any atom is -0.454 e. The predicted octanol–water partition coefficient (Wildman–Crippen LogP) is 1.64. The summed E-state index contributed by atoms with van der Waals surface area (Å²) in [5.41, 5.74) is 1.98. The highest BCUT2D eigenvalue weighted by Crippen LogP contribution is 2.33. The summed E-state index contributed by atoms with van der Waals surface area (Å²) in [5.74, 6) is 1.29. The topological polar surface area (TPSA) is 78.7 Å². The summed E-state index contributed by atoms with van der Waals surface area (Å²) in [6, 6.07) is 10.9. The average molecular weight is 336 g/mol. The molecule has 1 aromatic heterocycles. The highest BCUT2D eigenvalue weighted by Gasteiger charge is 2.24. The van der Waals surface area contributed by atoms with Crippen LogP contribution in [0.4, 0.5) is 5.69 Å². The average Bonchev–Trinajstić information content (AvgIpc) is 3.15. The number of ether oxygens (including phenoxy) is 2. The van der Waals surface area contributed by atoms with Crippen LogP contribution in [0.15, 0.2) is 36.5 Å².